The van der Waals surface area contributed by atoms with Crippen molar-refractivity contribution in [3.8, 4) is 0 Å². The average Bonchev–Trinajstić information content (AvgIpc) is 2.90. The van der Waals surface area contributed by atoms with Crippen molar-refractivity contribution >= 4 is 0 Å². The number of aromatic nitrogens is 3. The van der Waals surface area contributed by atoms with Gasteiger partial charge in [-0.25, -0.2) is 5.10 Å². The standard InChI is InChI=1S/C15H18N4O/c1-11-12(4-2-8-16-11)10-19-9-3-5-14(19)13-6-7-15(20)18-17-13/h2,4,6-8,14H,3,5,9-10H2,1H3,(H,18,20). The van der Waals surface area contributed by atoms with E-state index in [1.54, 1.807) is 6.07 Å². The monoisotopic (exact) mass is 270 g/mol. The van der Waals surface area contributed by atoms with Crippen LogP contribution in [0.5, 0.6) is 0 Å². The molecule has 104 valence electrons. The summed E-state index contributed by atoms with van der Waals surface area (Å²) >= 11 is 0. The van der Waals surface area contributed by atoms with Crippen LogP contribution in [0.25, 0.3) is 0 Å². The molecule has 1 aliphatic heterocycles. The molecule has 0 radical (unpaired) electrons. The van der Waals surface area contributed by atoms with Gasteiger partial charge in [-0.3, -0.25) is 14.7 Å². The van der Waals surface area contributed by atoms with E-state index in [0.29, 0.717) is 0 Å². The van der Waals surface area contributed by atoms with Crippen LogP contribution in [0, 0.1) is 6.92 Å². The van der Waals surface area contributed by atoms with E-state index < -0.39 is 0 Å². The van der Waals surface area contributed by atoms with E-state index in [9.17, 15) is 4.79 Å². The first-order valence-corrected chi connectivity index (χ1v) is 6.94. The summed E-state index contributed by atoms with van der Waals surface area (Å²) in [6.45, 7) is 3.98. The van der Waals surface area contributed by atoms with Gasteiger partial charge in [0.1, 0.15) is 0 Å². The molecule has 1 aliphatic rings. The van der Waals surface area contributed by atoms with Gasteiger partial charge in [0.2, 0.25) is 0 Å². The van der Waals surface area contributed by atoms with Gasteiger partial charge in [-0.15, -0.1) is 0 Å². The zero-order valence-electron chi connectivity index (χ0n) is 11.5. The molecule has 0 spiro atoms. The summed E-state index contributed by atoms with van der Waals surface area (Å²) in [6, 6.07) is 7.77. The summed E-state index contributed by atoms with van der Waals surface area (Å²) in [4.78, 5) is 17.9. The Hall–Kier alpha value is -2.01. The highest BCUT2D eigenvalue weighted by atomic mass is 16.1. The van der Waals surface area contributed by atoms with Gasteiger partial charge >= 0.3 is 0 Å². The SMILES string of the molecule is Cc1ncccc1CN1CCCC1c1ccc(=O)[nH]n1. The second-order valence-corrected chi connectivity index (χ2v) is 5.22. The number of H-pyrrole nitrogens is 1. The van der Waals surface area contributed by atoms with Gasteiger partial charge in [0.15, 0.2) is 0 Å². The summed E-state index contributed by atoms with van der Waals surface area (Å²) in [6.07, 6.45) is 4.06. The maximum absolute atomic E-state index is 11.1. The predicted octanol–water partition coefficient (Wildman–Crippen LogP) is 1.81. The van der Waals surface area contributed by atoms with Crippen LogP contribution in [-0.2, 0) is 6.54 Å². The molecule has 0 aromatic carbocycles. The summed E-state index contributed by atoms with van der Waals surface area (Å²) < 4.78 is 0. The van der Waals surface area contributed by atoms with Crippen LogP contribution in [0.15, 0.2) is 35.3 Å². The quantitative estimate of drug-likeness (QED) is 0.924. The van der Waals surface area contributed by atoms with Crippen molar-refractivity contribution in [1.29, 1.82) is 0 Å². The maximum Gasteiger partial charge on any atom is 0.264 e. The van der Waals surface area contributed by atoms with Gasteiger partial charge in [-0.05, 0) is 44.0 Å². The van der Waals surface area contributed by atoms with Gasteiger partial charge in [0.25, 0.3) is 5.56 Å². The molecule has 20 heavy (non-hydrogen) atoms. The minimum absolute atomic E-state index is 0.151. The number of nitrogens with zero attached hydrogens (tertiary/aromatic N) is 3. The average molecular weight is 270 g/mol. The van der Waals surface area contributed by atoms with Crippen LogP contribution in [0.4, 0.5) is 0 Å². The molecule has 2 aromatic heterocycles. The van der Waals surface area contributed by atoms with Crippen LogP contribution < -0.4 is 5.56 Å². The Labute approximate surface area is 117 Å². The van der Waals surface area contributed by atoms with Crippen LogP contribution >= 0.6 is 0 Å². The Morgan fingerprint density at radius 2 is 2.30 bits per heavy atom. The summed E-state index contributed by atoms with van der Waals surface area (Å²) in [5, 5.41) is 6.71. The van der Waals surface area contributed by atoms with E-state index >= 15 is 0 Å². The Bertz CT molecular complexity index is 632. The molecule has 0 bridgehead atoms. The number of nitrogens with one attached hydrogen (secondary N) is 1. The normalized spacial score (nSPS) is 19.4. The molecule has 0 saturated carbocycles. The first kappa shape index (κ1) is 13.0. The van der Waals surface area contributed by atoms with Crippen molar-refractivity contribution in [1.82, 2.24) is 20.1 Å². The van der Waals surface area contributed by atoms with E-state index in [4.69, 9.17) is 0 Å². The third kappa shape index (κ3) is 2.63. The van der Waals surface area contributed by atoms with Crippen LogP contribution in [0.1, 0.15) is 35.8 Å². The molecule has 1 fully saturated rings. The first-order valence-electron chi connectivity index (χ1n) is 6.94. The molecule has 2 aromatic rings. The lowest BCUT2D eigenvalue weighted by Gasteiger charge is -2.24. The Morgan fingerprint density at radius 1 is 1.40 bits per heavy atom. The van der Waals surface area contributed by atoms with Gasteiger partial charge in [0.05, 0.1) is 11.7 Å². The molecule has 3 heterocycles. The van der Waals surface area contributed by atoms with E-state index in [2.05, 4.69) is 26.1 Å². The molecule has 5 heteroatoms. The molecule has 1 saturated heterocycles. The van der Waals surface area contributed by atoms with Crippen molar-refractivity contribution in [2.75, 3.05) is 6.54 Å². The minimum atomic E-state index is -0.151. The summed E-state index contributed by atoms with van der Waals surface area (Å²) in [5.74, 6) is 0. The highest BCUT2D eigenvalue weighted by molar-refractivity contribution is 5.19. The fourth-order valence-electron chi connectivity index (χ4n) is 2.79. The van der Waals surface area contributed by atoms with Crippen molar-refractivity contribution in [3.05, 3.63) is 57.8 Å². The van der Waals surface area contributed by atoms with Gasteiger partial charge < -0.3 is 0 Å². The maximum atomic E-state index is 11.1. The minimum Gasteiger partial charge on any atom is -0.290 e. The molecule has 5 nitrogen and oxygen atoms in total. The van der Waals surface area contributed by atoms with E-state index in [1.807, 2.05) is 25.3 Å². The second-order valence-electron chi connectivity index (χ2n) is 5.22. The third-order valence-electron chi connectivity index (χ3n) is 3.90. The molecule has 3 rings (SSSR count). The highest BCUT2D eigenvalue weighted by Gasteiger charge is 2.27. The van der Waals surface area contributed by atoms with Crippen molar-refractivity contribution < 1.29 is 0 Å². The van der Waals surface area contributed by atoms with Crippen LogP contribution in [0.3, 0.4) is 0 Å². The lowest BCUT2D eigenvalue weighted by Crippen LogP contribution is -2.25. The fraction of sp³-hybridized carbons (Fsp3) is 0.400. The Balaban J connectivity index is 1.81. The largest absolute Gasteiger partial charge is 0.290 e. The van der Waals surface area contributed by atoms with Crippen LogP contribution in [0.2, 0.25) is 0 Å². The van der Waals surface area contributed by atoms with Crippen molar-refractivity contribution in [2.24, 2.45) is 0 Å². The van der Waals surface area contributed by atoms with E-state index in [1.165, 1.54) is 5.56 Å². The van der Waals surface area contributed by atoms with Gasteiger partial charge in [0, 0.05) is 24.5 Å². The molecular formula is C15H18N4O. The number of aromatic amines is 1. The first-order chi connectivity index (χ1) is 9.74. The molecule has 0 aliphatic carbocycles. The highest BCUT2D eigenvalue weighted by Crippen LogP contribution is 2.31. The number of pyridine rings is 1. The zero-order valence-corrected chi connectivity index (χ0v) is 11.5. The van der Waals surface area contributed by atoms with E-state index in [-0.39, 0.29) is 11.6 Å². The number of rotatable bonds is 3. The molecule has 1 N–H and O–H groups in total. The van der Waals surface area contributed by atoms with E-state index in [0.717, 1.165) is 37.3 Å². The lowest BCUT2D eigenvalue weighted by molar-refractivity contribution is 0.242. The second kappa shape index (κ2) is 5.54. The zero-order chi connectivity index (χ0) is 13.9. The predicted molar refractivity (Wildman–Crippen MR) is 76.2 cm³/mol. The number of hydrogen-bond acceptors (Lipinski definition) is 4. The lowest BCUT2D eigenvalue weighted by atomic mass is 10.1. The van der Waals surface area contributed by atoms with Gasteiger partial charge in [-0.2, -0.15) is 5.10 Å². The van der Waals surface area contributed by atoms with Crippen molar-refractivity contribution in [3.63, 3.8) is 0 Å². The third-order valence-corrected chi connectivity index (χ3v) is 3.90. The Kier molecular flexibility index (Phi) is 3.60. The molecule has 1 atom stereocenters. The topological polar surface area (TPSA) is 61.9 Å². The Morgan fingerprint density at radius 3 is 3.05 bits per heavy atom. The number of likely N-dealkylation sites (tertiary alicyclic amines) is 1. The molecular weight excluding hydrogens is 252 g/mol. The number of aryl methyl sites for hydroxylation is 1. The molecule has 1 unspecified atom stereocenters. The molecule has 0 amide bonds. The number of hydrogen-bond donors (Lipinski definition) is 1. The summed E-state index contributed by atoms with van der Waals surface area (Å²) in [5.41, 5.74) is 3.13. The fourth-order valence-corrected chi connectivity index (χ4v) is 2.79. The van der Waals surface area contributed by atoms with Crippen molar-refractivity contribution in [2.45, 2.75) is 32.4 Å². The van der Waals surface area contributed by atoms with Gasteiger partial charge in [-0.1, -0.05) is 6.07 Å². The van der Waals surface area contributed by atoms with Crippen LogP contribution in [-0.4, -0.2) is 26.6 Å². The summed E-state index contributed by atoms with van der Waals surface area (Å²) in [7, 11) is 0. The smallest absolute Gasteiger partial charge is 0.264 e.